The van der Waals surface area contributed by atoms with Gasteiger partial charge in [0.25, 0.3) is 5.91 Å². The number of hydrogen-bond acceptors (Lipinski definition) is 7. The van der Waals surface area contributed by atoms with Crippen LogP contribution in [-0.4, -0.2) is 32.3 Å². The summed E-state index contributed by atoms with van der Waals surface area (Å²) in [5.41, 5.74) is 1.99. The third kappa shape index (κ3) is 4.14. The molecule has 0 aliphatic heterocycles. The smallest absolute Gasteiger partial charge is 0.258 e. The molecule has 1 unspecified atom stereocenters. The molecule has 9 heteroatoms. The fraction of sp³-hybridized carbons (Fsp3) is 0.182. The summed E-state index contributed by atoms with van der Waals surface area (Å²) in [6.07, 6.45) is 3.12. The molecular formula is C22H19N5O2S2. The number of nitrogens with one attached hydrogen (secondary N) is 1. The molecule has 1 atom stereocenters. The first-order valence-corrected chi connectivity index (χ1v) is 11.4. The van der Waals surface area contributed by atoms with E-state index in [2.05, 4.69) is 20.4 Å². The Labute approximate surface area is 186 Å². The second kappa shape index (κ2) is 8.44. The first-order valence-electron chi connectivity index (χ1n) is 9.74. The van der Waals surface area contributed by atoms with E-state index in [4.69, 9.17) is 4.74 Å². The molecule has 0 aliphatic carbocycles. The van der Waals surface area contributed by atoms with Crippen LogP contribution in [0.2, 0.25) is 0 Å². The van der Waals surface area contributed by atoms with Gasteiger partial charge < -0.3 is 10.1 Å². The van der Waals surface area contributed by atoms with Gasteiger partial charge in [-0.15, -0.1) is 22.7 Å². The summed E-state index contributed by atoms with van der Waals surface area (Å²) in [5, 5.41) is 11.2. The summed E-state index contributed by atoms with van der Waals surface area (Å²) in [6.45, 7) is 2.41. The number of nitrogens with zero attached hydrogens (tertiary/aromatic N) is 4. The summed E-state index contributed by atoms with van der Waals surface area (Å²) in [6, 6.07) is 13.6. The van der Waals surface area contributed by atoms with Crippen LogP contribution < -0.4 is 10.1 Å². The van der Waals surface area contributed by atoms with Gasteiger partial charge in [-0.3, -0.25) is 9.48 Å². The van der Waals surface area contributed by atoms with Gasteiger partial charge in [0, 0.05) is 11.5 Å². The van der Waals surface area contributed by atoms with Gasteiger partial charge in [-0.25, -0.2) is 9.97 Å². The van der Waals surface area contributed by atoms with Crippen LogP contribution in [-0.2, 0) is 11.3 Å². The third-order valence-corrected chi connectivity index (χ3v) is 6.74. The van der Waals surface area contributed by atoms with Crippen molar-refractivity contribution in [3.8, 4) is 5.75 Å². The van der Waals surface area contributed by atoms with Crippen molar-refractivity contribution >= 4 is 48.9 Å². The number of thiophene rings is 1. The highest BCUT2D eigenvalue weighted by molar-refractivity contribution is 7.21. The highest BCUT2D eigenvalue weighted by atomic mass is 32.1. The molecule has 0 radical (unpaired) electrons. The Kier molecular flexibility index (Phi) is 5.35. The number of carbonyl (C=O) groups is 1. The molecule has 5 aromatic rings. The first kappa shape index (κ1) is 19.7. The number of aryl methyl sites for hydroxylation is 1. The Morgan fingerprint density at radius 3 is 2.94 bits per heavy atom. The lowest BCUT2D eigenvalue weighted by Gasteiger charge is -2.19. The van der Waals surface area contributed by atoms with E-state index >= 15 is 0 Å². The van der Waals surface area contributed by atoms with Gasteiger partial charge in [0.2, 0.25) is 0 Å². The second-order valence-electron chi connectivity index (χ2n) is 7.05. The summed E-state index contributed by atoms with van der Waals surface area (Å²) in [5.74, 6) is 0.507. The van der Waals surface area contributed by atoms with E-state index in [0.29, 0.717) is 12.3 Å². The number of carbonyl (C=O) groups excluding carboxylic acids is 1. The van der Waals surface area contributed by atoms with Crippen molar-refractivity contribution in [3.63, 3.8) is 0 Å². The molecule has 0 fully saturated rings. The molecule has 0 saturated heterocycles. The van der Waals surface area contributed by atoms with Crippen LogP contribution in [0.15, 0.2) is 60.5 Å². The Hall–Kier alpha value is -3.30. The van der Waals surface area contributed by atoms with E-state index < -0.39 is 0 Å². The number of ether oxygens (including phenoxy) is 1. The Balaban J connectivity index is 1.34. The molecule has 0 aliphatic rings. The van der Waals surface area contributed by atoms with E-state index in [1.165, 1.54) is 6.33 Å². The zero-order valence-electron chi connectivity index (χ0n) is 16.7. The van der Waals surface area contributed by atoms with E-state index in [9.17, 15) is 4.79 Å². The standard InChI is InChI=1S/C22H19N5O2S2/c1-14-25-21-19(31-14)9-18(16-7-8-30-22(16)21)29-11-20(28)26-17(10-27-13-23-12-24-27)15-5-3-2-4-6-15/h2-9,12-13,17H,10-11H2,1H3,(H,26,28). The van der Waals surface area contributed by atoms with Crippen molar-refractivity contribution in [1.82, 2.24) is 25.1 Å². The maximum absolute atomic E-state index is 12.8. The normalized spacial score (nSPS) is 12.3. The van der Waals surface area contributed by atoms with Crippen molar-refractivity contribution in [1.29, 1.82) is 0 Å². The number of hydrogen-bond donors (Lipinski definition) is 1. The fourth-order valence-electron chi connectivity index (χ4n) is 3.52. The van der Waals surface area contributed by atoms with Crippen LogP contribution in [0.1, 0.15) is 16.6 Å². The molecule has 2 aromatic carbocycles. The number of thiazole rings is 1. The SMILES string of the molecule is Cc1nc2c(cc(OCC(=O)NC(Cn3cncn3)c3ccccc3)c3ccsc32)s1. The van der Waals surface area contributed by atoms with Crippen LogP contribution in [0.5, 0.6) is 5.75 Å². The largest absolute Gasteiger partial charge is 0.483 e. The number of rotatable bonds is 7. The first-order chi connectivity index (χ1) is 15.2. The second-order valence-corrected chi connectivity index (χ2v) is 9.21. The van der Waals surface area contributed by atoms with Crippen molar-refractivity contribution in [2.24, 2.45) is 0 Å². The highest BCUT2D eigenvalue weighted by Crippen LogP contribution is 2.38. The topological polar surface area (TPSA) is 81.9 Å². The predicted molar refractivity (Wildman–Crippen MR) is 123 cm³/mol. The van der Waals surface area contributed by atoms with E-state index in [-0.39, 0.29) is 18.6 Å². The quantitative estimate of drug-likeness (QED) is 0.400. The number of amides is 1. The maximum Gasteiger partial charge on any atom is 0.258 e. The maximum atomic E-state index is 12.8. The molecule has 7 nitrogen and oxygen atoms in total. The predicted octanol–water partition coefficient (Wildman–Crippen LogP) is 4.35. The average molecular weight is 450 g/mol. The van der Waals surface area contributed by atoms with Crippen LogP contribution in [0.4, 0.5) is 0 Å². The van der Waals surface area contributed by atoms with E-state index in [1.54, 1.807) is 33.7 Å². The lowest BCUT2D eigenvalue weighted by molar-refractivity contribution is -0.123. The van der Waals surface area contributed by atoms with Gasteiger partial charge in [0.15, 0.2) is 6.61 Å². The van der Waals surface area contributed by atoms with Gasteiger partial charge >= 0.3 is 0 Å². The molecule has 1 N–H and O–H groups in total. The summed E-state index contributed by atoms with van der Waals surface area (Å²) in [7, 11) is 0. The highest BCUT2D eigenvalue weighted by Gasteiger charge is 2.18. The molecule has 0 spiro atoms. The summed E-state index contributed by atoms with van der Waals surface area (Å²) >= 11 is 3.26. The van der Waals surface area contributed by atoms with E-state index in [0.717, 1.165) is 30.9 Å². The van der Waals surface area contributed by atoms with Gasteiger partial charge in [-0.05, 0) is 23.9 Å². The van der Waals surface area contributed by atoms with Crippen LogP contribution in [0, 0.1) is 6.92 Å². The molecule has 3 heterocycles. The van der Waals surface area contributed by atoms with Crippen molar-refractivity contribution in [3.05, 3.63) is 71.1 Å². The fourth-order valence-corrected chi connectivity index (χ4v) is 5.35. The average Bonchev–Trinajstić information content (AvgIpc) is 3.52. The molecule has 0 bridgehead atoms. The zero-order valence-corrected chi connectivity index (χ0v) is 18.3. The lowest BCUT2D eigenvalue weighted by atomic mass is 10.1. The molecule has 156 valence electrons. The molecular weight excluding hydrogens is 430 g/mol. The Morgan fingerprint density at radius 2 is 2.13 bits per heavy atom. The molecule has 3 aromatic heterocycles. The number of benzene rings is 2. The minimum Gasteiger partial charge on any atom is -0.483 e. The Bertz CT molecular complexity index is 1330. The number of aromatic nitrogens is 4. The van der Waals surface area contributed by atoms with Crippen LogP contribution in [0.25, 0.3) is 20.3 Å². The monoisotopic (exact) mass is 449 g/mol. The molecule has 0 saturated carbocycles. The van der Waals surface area contributed by atoms with Crippen molar-refractivity contribution in [2.75, 3.05) is 6.61 Å². The molecule has 1 amide bonds. The van der Waals surface area contributed by atoms with Crippen molar-refractivity contribution in [2.45, 2.75) is 19.5 Å². The minimum absolute atomic E-state index is 0.0745. The van der Waals surface area contributed by atoms with Crippen LogP contribution in [0.3, 0.4) is 0 Å². The number of fused-ring (bicyclic) bond motifs is 3. The Morgan fingerprint density at radius 1 is 1.26 bits per heavy atom. The molecule has 31 heavy (non-hydrogen) atoms. The summed E-state index contributed by atoms with van der Waals surface area (Å²) < 4.78 is 9.82. The minimum atomic E-state index is -0.244. The summed E-state index contributed by atoms with van der Waals surface area (Å²) in [4.78, 5) is 21.4. The zero-order chi connectivity index (χ0) is 21.2. The molecule has 5 rings (SSSR count). The van der Waals surface area contributed by atoms with E-state index in [1.807, 2.05) is 54.8 Å². The van der Waals surface area contributed by atoms with Gasteiger partial charge in [0.05, 0.1) is 32.5 Å². The third-order valence-electron chi connectivity index (χ3n) is 4.90. The van der Waals surface area contributed by atoms with Crippen molar-refractivity contribution < 1.29 is 9.53 Å². The van der Waals surface area contributed by atoms with Crippen LogP contribution >= 0.6 is 22.7 Å². The van der Waals surface area contributed by atoms with Gasteiger partial charge in [0.1, 0.15) is 18.4 Å². The lowest BCUT2D eigenvalue weighted by Crippen LogP contribution is -2.35. The van der Waals surface area contributed by atoms with Gasteiger partial charge in [-0.2, -0.15) is 5.10 Å². The van der Waals surface area contributed by atoms with Gasteiger partial charge in [-0.1, -0.05) is 30.3 Å².